The van der Waals surface area contributed by atoms with Crippen molar-refractivity contribution >= 4 is 27.4 Å². The molecule has 21 heavy (non-hydrogen) atoms. The van der Waals surface area contributed by atoms with E-state index in [4.69, 9.17) is 10.5 Å². The van der Waals surface area contributed by atoms with Crippen molar-refractivity contribution < 1.29 is 4.74 Å². The van der Waals surface area contributed by atoms with Crippen LogP contribution in [0.2, 0.25) is 0 Å². The molecule has 0 aliphatic heterocycles. The molecule has 0 radical (unpaired) electrons. The summed E-state index contributed by atoms with van der Waals surface area (Å²) in [6.07, 6.45) is 0. The SMILES string of the molecule is Cc1cccc(OCc2nc(N)c3c(C)c(C)sc3n2)c1. The molecule has 0 spiro atoms. The van der Waals surface area contributed by atoms with Gasteiger partial charge in [0.25, 0.3) is 0 Å². The van der Waals surface area contributed by atoms with Crippen molar-refractivity contribution in [3.8, 4) is 5.75 Å². The molecule has 108 valence electrons. The Morgan fingerprint density at radius 2 is 2.00 bits per heavy atom. The Balaban J connectivity index is 1.88. The van der Waals surface area contributed by atoms with Crippen LogP contribution in [0.4, 0.5) is 5.82 Å². The van der Waals surface area contributed by atoms with Gasteiger partial charge in [0.05, 0.1) is 5.39 Å². The molecule has 5 heteroatoms. The summed E-state index contributed by atoms with van der Waals surface area (Å²) in [5.74, 6) is 1.96. The molecule has 0 unspecified atom stereocenters. The molecule has 0 aliphatic rings. The second-order valence-corrected chi connectivity index (χ2v) is 6.30. The van der Waals surface area contributed by atoms with Gasteiger partial charge in [-0.15, -0.1) is 11.3 Å². The Morgan fingerprint density at radius 3 is 2.76 bits per heavy atom. The Kier molecular flexibility index (Phi) is 3.51. The van der Waals surface area contributed by atoms with Crippen molar-refractivity contribution in [1.29, 1.82) is 0 Å². The summed E-state index contributed by atoms with van der Waals surface area (Å²) in [7, 11) is 0. The van der Waals surface area contributed by atoms with E-state index in [9.17, 15) is 0 Å². The van der Waals surface area contributed by atoms with E-state index < -0.39 is 0 Å². The summed E-state index contributed by atoms with van der Waals surface area (Å²) in [6.45, 7) is 6.48. The van der Waals surface area contributed by atoms with E-state index in [1.54, 1.807) is 11.3 Å². The van der Waals surface area contributed by atoms with Gasteiger partial charge in [0.15, 0.2) is 5.82 Å². The largest absolute Gasteiger partial charge is 0.486 e. The zero-order valence-electron chi connectivity index (χ0n) is 12.3. The van der Waals surface area contributed by atoms with E-state index in [-0.39, 0.29) is 0 Å². The Bertz CT molecular complexity index is 811. The average Bonchev–Trinajstić information content (AvgIpc) is 2.72. The molecule has 0 saturated carbocycles. The first-order valence-corrected chi connectivity index (χ1v) is 7.58. The van der Waals surface area contributed by atoms with Gasteiger partial charge in [-0.2, -0.15) is 0 Å². The molecule has 0 saturated heterocycles. The van der Waals surface area contributed by atoms with Gasteiger partial charge in [-0.1, -0.05) is 12.1 Å². The standard InChI is InChI=1S/C16H17N3OS/c1-9-5-4-6-12(7-9)20-8-13-18-15(17)14-10(2)11(3)21-16(14)19-13/h4-7H,8H2,1-3H3,(H2,17,18,19). The molecule has 0 bridgehead atoms. The van der Waals surface area contributed by atoms with Gasteiger partial charge in [-0.3, -0.25) is 0 Å². The lowest BCUT2D eigenvalue weighted by atomic mass is 10.2. The van der Waals surface area contributed by atoms with E-state index in [1.807, 2.05) is 31.2 Å². The van der Waals surface area contributed by atoms with Gasteiger partial charge in [-0.05, 0) is 44.0 Å². The quantitative estimate of drug-likeness (QED) is 0.799. The molecule has 0 fully saturated rings. The number of ether oxygens (including phenoxy) is 1. The predicted octanol–water partition coefficient (Wildman–Crippen LogP) is 3.78. The molecule has 2 heterocycles. The second kappa shape index (κ2) is 5.33. The normalized spacial score (nSPS) is 11.0. The number of nitrogens with zero attached hydrogens (tertiary/aromatic N) is 2. The molecule has 0 atom stereocenters. The van der Waals surface area contributed by atoms with E-state index in [1.165, 1.54) is 10.4 Å². The number of fused-ring (bicyclic) bond motifs is 1. The summed E-state index contributed by atoms with van der Waals surface area (Å²) < 4.78 is 5.74. The average molecular weight is 299 g/mol. The number of hydrogen-bond acceptors (Lipinski definition) is 5. The van der Waals surface area contributed by atoms with Gasteiger partial charge < -0.3 is 10.5 Å². The van der Waals surface area contributed by atoms with Crippen LogP contribution in [0, 0.1) is 20.8 Å². The second-order valence-electron chi connectivity index (χ2n) is 5.09. The molecule has 3 aromatic rings. The van der Waals surface area contributed by atoms with Crippen molar-refractivity contribution in [2.75, 3.05) is 5.73 Å². The maximum atomic E-state index is 6.06. The number of hydrogen-bond donors (Lipinski definition) is 1. The van der Waals surface area contributed by atoms with Gasteiger partial charge >= 0.3 is 0 Å². The van der Waals surface area contributed by atoms with Crippen LogP contribution in [0.3, 0.4) is 0 Å². The number of benzene rings is 1. The van der Waals surface area contributed by atoms with Crippen LogP contribution in [-0.2, 0) is 6.61 Å². The Hall–Kier alpha value is -2.14. The Morgan fingerprint density at radius 1 is 1.19 bits per heavy atom. The monoisotopic (exact) mass is 299 g/mol. The highest BCUT2D eigenvalue weighted by molar-refractivity contribution is 7.18. The molecule has 4 nitrogen and oxygen atoms in total. The summed E-state index contributed by atoms with van der Waals surface area (Å²) in [4.78, 5) is 11.1. The smallest absolute Gasteiger partial charge is 0.169 e. The number of rotatable bonds is 3. The van der Waals surface area contributed by atoms with Crippen LogP contribution in [0.5, 0.6) is 5.75 Å². The van der Waals surface area contributed by atoms with Gasteiger partial charge in [0.2, 0.25) is 0 Å². The van der Waals surface area contributed by atoms with Crippen molar-refractivity contribution in [3.63, 3.8) is 0 Å². The number of aryl methyl sites for hydroxylation is 3. The van der Waals surface area contributed by atoms with Crippen LogP contribution in [-0.4, -0.2) is 9.97 Å². The molecule has 0 amide bonds. The minimum absolute atomic E-state index is 0.319. The van der Waals surface area contributed by atoms with Gasteiger partial charge in [0, 0.05) is 4.88 Å². The molecular formula is C16H17N3OS. The van der Waals surface area contributed by atoms with Crippen LogP contribution in [0.25, 0.3) is 10.2 Å². The highest BCUT2D eigenvalue weighted by Crippen LogP contribution is 2.31. The first-order chi connectivity index (χ1) is 10.0. The topological polar surface area (TPSA) is 61.0 Å². The van der Waals surface area contributed by atoms with Crippen LogP contribution < -0.4 is 10.5 Å². The lowest BCUT2D eigenvalue weighted by Crippen LogP contribution is -2.04. The first kappa shape index (κ1) is 13.8. The van der Waals surface area contributed by atoms with E-state index in [0.29, 0.717) is 18.2 Å². The predicted molar refractivity (Wildman–Crippen MR) is 86.8 cm³/mol. The maximum Gasteiger partial charge on any atom is 0.169 e. The van der Waals surface area contributed by atoms with Gasteiger partial charge in [0.1, 0.15) is 23.0 Å². The number of thiophene rings is 1. The Labute approximate surface area is 127 Å². The van der Waals surface area contributed by atoms with E-state index in [2.05, 4.69) is 23.8 Å². The lowest BCUT2D eigenvalue weighted by molar-refractivity contribution is 0.296. The minimum atomic E-state index is 0.319. The number of anilines is 1. The van der Waals surface area contributed by atoms with Crippen LogP contribution in [0.15, 0.2) is 24.3 Å². The fraction of sp³-hybridized carbons (Fsp3) is 0.250. The van der Waals surface area contributed by atoms with Crippen molar-refractivity contribution in [3.05, 3.63) is 46.1 Å². The third-order valence-corrected chi connectivity index (χ3v) is 4.56. The minimum Gasteiger partial charge on any atom is -0.486 e. The molecule has 0 aliphatic carbocycles. The molecule has 2 N–H and O–H groups in total. The number of nitrogen functional groups attached to an aromatic ring is 1. The summed E-state index contributed by atoms with van der Waals surface area (Å²) in [6, 6.07) is 7.91. The lowest BCUT2D eigenvalue weighted by Gasteiger charge is -2.07. The number of nitrogens with two attached hydrogens (primary N) is 1. The summed E-state index contributed by atoms with van der Waals surface area (Å²) in [5, 5.41) is 0.969. The molecule has 2 aromatic heterocycles. The van der Waals surface area contributed by atoms with E-state index in [0.717, 1.165) is 21.5 Å². The zero-order valence-corrected chi connectivity index (χ0v) is 13.1. The molecular weight excluding hydrogens is 282 g/mol. The highest BCUT2D eigenvalue weighted by Gasteiger charge is 2.12. The fourth-order valence-electron chi connectivity index (χ4n) is 2.24. The first-order valence-electron chi connectivity index (χ1n) is 6.76. The fourth-order valence-corrected chi connectivity index (χ4v) is 3.30. The third kappa shape index (κ3) is 2.69. The zero-order chi connectivity index (χ0) is 15.0. The van der Waals surface area contributed by atoms with Crippen molar-refractivity contribution in [1.82, 2.24) is 9.97 Å². The molecule has 1 aromatic carbocycles. The molecule has 3 rings (SSSR count). The number of aromatic nitrogens is 2. The maximum absolute atomic E-state index is 6.06. The highest BCUT2D eigenvalue weighted by atomic mass is 32.1. The van der Waals surface area contributed by atoms with Crippen LogP contribution in [0.1, 0.15) is 21.8 Å². The third-order valence-electron chi connectivity index (χ3n) is 3.46. The summed E-state index contributed by atoms with van der Waals surface area (Å²) in [5.41, 5.74) is 8.39. The van der Waals surface area contributed by atoms with E-state index >= 15 is 0 Å². The van der Waals surface area contributed by atoms with Crippen molar-refractivity contribution in [2.24, 2.45) is 0 Å². The van der Waals surface area contributed by atoms with Crippen molar-refractivity contribution in [2.45, 2.75) is 27.4 Å². The summed E-state index contributed by atoms with van der Waals surface area (Å²) >= 11 is 1.64. The van der Waals surface area contributed by atoms with Crippen LogP contribution >= 0.6 is 11.3 Å². The van der Waals surface area contributed by atoms with Gasteiger partial charge in [-0.25, -0.2) is 9.97 Å².